The van der Waals surface area contributed by atoms with Crippen LogP contribution >= 0.6 is 0 Å². The van der Waals surface area contributed by atoms with Gasteiger partial charge < -0.3 is 10.1 Å². The van der Waals surface area contributed by atoms with Crippen LogP contribution in [0.2, 0.25) is 0 Å². The topological polar surface area (TPSA) is 68.5 Å². The number of fused-ring (bicyclic) bond motifs is 1. The number of para-hydroxylation sites is 1. The molecule has 0 radical (unpaired) electrons. The Morgan fingerprint density at radius 3 is 2.47 bits per heavy atom. The van der Waals surface area contributed by atoms with Crippen molar-refractivity contribution in [3.8, 4) is 5.69 Å². The Kier molecular flexibility index (Phi) is 6.38. The van der Waals surface area contributed by atoms with Crippen LogP contribution < -0.4 is 5.32 Å². The van der Waals surface area contributed by atoms with Crippen LogP contribution in [0.15, 0.2) is 83.9 Å². The molecule has 2 heterocycles. The molecule has 1 N–H and O–H groups in total. The first-order valence-electron chi connectivity index (χ1n) is 12.0. The van der Waals surface area contributed by atoms with E-state index in [9.17, 15) is 9.18 Å². The van der Waals surface area contributed by atoms with Crippen molar-refractivity contribution in [1.82, 2.24) is 15.1 Å². The van der Waals surface area contributed by atoms with Gasteiger partial charge in [0.1, 0.15) is 11.9 Å². The van der Waals surface area contributed by atoms with E-state index < -0.39 is 6.04 Å². The van der Waals surface area contributed by atoms with Crippen LogP contribution in [-0.2, 0) is 4.74 Å². The fourth-order valence-electron chi connectivity index (χ4n) is 4.69. The Bertz CT molecular complexity index is 1430. The minimum Gasteiger partial charge on any atom is -0.479 e. The van der Waals surface area contributed by atoms with Gasteiger partial charge in [0.25, 0.3) is 5.91 Å². The molecule has 7 heteroatoms. The zero-order valence-electron chi connectivity index (χ0n) is 20.4. The van der Waals surface area contributed by atoms with Gasteiger partial charge in [-0.25, -0.2) is 9.07 Å². The van der Waals surface area contributed by atoms with E-state index in [0.717, 1.165) is 28.1 Å². The average molecular weight is 483 g/mol. The maximum absolute atomic E-state index is 13.9. The second-order valence-electron chi connectivity index (χ2n) is 8.80. The molecule has 0 fully saturated rings. The van der Waals surface area contributed by atoms with Gasteiger partial charge in [0.2, 0.25) is 5.90 Å². The summed E-state index contributed by atoms with van der Waals surface area (Å²) >= 11 is 0. The molecule has 0 spiro atoms. The normalized spacial score (nSPS) is 16.7. The summed E-state index contributed by atoms with van der Waals surface area (Å²) in [5.41, 5.74) is 4.87. The molecule has 5 rings (SSSR count). The number of ether oxygens (including phenoxy) is 1. The predicted molar refractivity (Wildman–Crippen MR) is 138 cm³/mol. The molecule has 3 aromatic carbocycles. The van der Waals surface area contributed by atoms with Crippen molar-refractivity contribution in [2.45, 2.75) is 32.7 Å². The number of halogens is 1. The summed E-state index contributed by atoms with van der Waals surface area (Å²) in [6, 6.07) is 22.9. The number of aromatic nitrogens is 2. The number of aliphatic imine (C=N–C) groups is 1. The van der Waals surface area contributed by atoms with E-state index in [2.05, 4.69) is 5.32 Å². The van der Waals surface area contributed by atoms with Gasteiger partial charge >= 0.3 is 0 Å². The molecule has 1 aliphatic rings. The summed E-state index contributed by atoms with van der Waals surface area (Å²) in [6.07, 6.45) is 0. The van der Waals surface area contributed by atoms with Gasteiger partial charge in [-0.2, -0.15) is 10.1 Å². The van der Waals surface area contributed by atoms with Crippen LogP contribution in [-0.4, -0.2) is 34.2 Å². The lowest BCUT2D eigenvalue weighted by Crippen LogP contribution is -2.47. The summed E-state index contributed by atoms with van der Waals surface area (Å²) in [5, 5.41) is 7.95. The summed E-state index contributed by atoms with van der Waals surface area (Å²) in [6.45, 7) is 6.12. The Morgan fingerprint density at radius 2 is 1.78 bits per heavy atom. The zero-order valence-corrected chi connectivity index (χ0v) is 20.4. The van der Waals surface area contributed by atoms with Gasteiger partial charge in [0, 0.05) is 17.0 Å². The number of carbonyl (C=O) groups excluding carboxylic acids is 1. The van der Waals surface area contributed by atoms with Crippen LogP contribution in [0, 0.1) is 19.7 Å². The van der Waals surface area contributed by atoms with Crippen molar-refractivity contribution in [2.24, 2.45) is 4.99 Å². The summed E-state index contributed by atoms with van der Waals surface area (Å²) < 4.78 is 21.7. The summed E-state index contributed by atoms with van der Waals surface area (Å²) in [7, 11) is 0. The first kappa shape index (κ1) is 23.5. The third-order valence-electron chi connectivity index (χ3n) is 6.30. The third kappa shape index (κ3) is 4.40. The van der Waals surface area contributed by atoms with E-state index in [1.807, 2.05) is 69.3 Å². The molecular weight excluding hydrogens is 455 g/mol. The van der Waals surface area contributed by atoms with E-state index in [1.165, 1.54) is 12.1 Å². The monoisotopic (exact) mass is 482 g/mol. The first-order valence-corrected chi connectivity index (χ1v) is 12.0. The Balaban J connectivity index is 1.67. The maximum atomic E-state index is 13.9. The first-order chi connectivity index (χ1) is 17.5. The fourth-order valence-corrected chi connectivity index (χ4v) is 4.69. The van der Waals surface area contributed by atoms with E-state index in [-0.39, 0.29) is 17.6 Å². The molecule has 6 nitrogen and oxygen atoms in total. The fraction of sp³-hybridized carbons (Fsp3) is 0.207. The Labute approximate surface area is 209 Å². The SMILES string of the molecule is CCOC1=Nc2c(c(C)nn2-c2ccccc2)[C@H](c2ccc(F)cc2)[C@@H]1NC(=O)c1cccc(C)c1. The number of amides is 1. The molecule has 1 aliphatic heterocycles. The van der Waals surface area contributed by atoms with E-state index in [4.69, 9.17) is 14.8 Å². The van der Waals surface area contributed by atoms with Crippen molar-refractivity contribution < 1.29 is 13.9 Å². The number of nitrogens with one attached hydrogen (secondary N) is 1. The van der Waals surface area contributed by atoms with Crippen molar-refractivity contribution in [2.75, 3.05) is 6.61 Å². The highest BCUT2D eigenvalue weighted by Gasteiger charge is 2.40. The van der Waals surface area contributed by atoms with E-state index in [0.29, 0.717) is 23.9 Å². The second-order valence-corrected chi connectivity index (χ2v) is 8.80. The number of nitrogens with zero attached hydrogens (tertiary/aromatic N) is 3. The molecule has 0 saturated carbocycles. The standard InChI is InChI=1S/C29H27FN4O2/c1-4-36-29-26(31-28(35)21-10-8-9-18(2)17-21)25(20-13-15-22(30)16-14-20)24-19(3)33-34(27(24)32-29)23-11-6-5-7-12-23/h5-17,25-26H,4H2,1-3H3,(H,31,35)/t25-,26-/m0/s1. The molecular formula is C29H27FN4O2. The molecule has 0 bridgehead atoms. The maximum Gasteiger partial charge on any atom is 0.251 e. The van der Waals surface area contributed by atoms with Crippen molar-refractivity contribution in [3.05, 3.63) is 113 Å². The largest absolute Gasteiger partial charge is 0.479 e. The van der Waals surface area contributed by atoms with Crippen LogP contribution in [0.5, 0.6) is 0 Å². The van der Waals surface area contributed by atoms with Crippen LogP contribution in [0.1, 0.15) is 45.6 Å². The third-order valence-corrected chi connectivity index (χ3v) is 6.30. The Hall–Kier alpha value is -4.26. The van der Waals surface area contributed by atoms with Crippen LogP contribution in [0.25, 0.3) is 5.69 Å². The molecule has 4 aromatic rings. The lowest BCUT2D eigenvalue weighted by molar-refractivity contribution is 0.0938. The number of rotatable bonds is 5. The predicted octanol–water partition coefficient (Wildman–Crippen LogP) is 5.64. The quantitative estimate of drug-likeness (QED) is 0.400. The van der Waals surface area contributed by atoms with Gasteiger partial charge in [-0.15, -0.1) is 0 Å². The minimum absolute atomic E-state index is 0.236. The summed E-state index contributed by atoms with van der Waals surface area (Å²) in [4.78, 5) is 18.2. The zero-order chi connectivity index (χ0) is 25.2. The molecule has 0 unspecified atom stereocenters. The minimum atomic E-state index is -0.608. The molecule has 2 atom stereocenters. The number of hydrogen-bond donors (Lipinski definition) is 1. The van der Waals surface area contributed by atoms with Gasteiger partial charge in [-0.05, 0) is 62.7 Å². The Morgan fingerprint density at radius 1 is 1.03 bits per heavy atom. The molecule has 0 saturated heterocycles. The highest BCUT2D eigenvalue weighted by Crippen LogP contribution is 2.42. The highest BCUT2D eigenvalue weighted by atomic mass is 19.1. The number of carbonyl (C=O) groups is 1. The van der Waals surface area contributed by atoms with E-state index in [1.54, 1.807) is 22.9 Å². The smallest absolute Gasteiger partial charge is 0.251 e. The molecule has 0 aliphatic carbocycles. The number of hydrogen-bond acceptors (Lipinski definition) is 4. The van der Waals surface area contributed by atoms with Crippen molar-refractivity contribution >= 4 is 17.6 Å². The number of benzene rings is 3. The summed E-state index contributed by atoms with van der Waals surface area (Å²) in [5.74, 6) is 0.0751. The second kappa shape index (κ2) is 9.77. The van der Waals surface area contributed by atoms with Crippen LogP contribution in [0.3, 0.4) is 0 Å². The lowest BCUT2D eigenvalue weighted by Gasteiger charge is -2.32. The van der Waals surface area contributed by atoms with Crippen molar-refractivity contribution in [3.63, 3.8) is 0 Å². The van der Waals surface area contributed by atoms with Gasteiger partial charge in [0.15, 0.2) is 5.82 Å². The van der Waals surface area contributed by atoms with Crippen molar-refractivity contribution in [1.29, 1.82) is 0 Å². The van der Waals surface area contributed by atoms with Gasteiger partial charge in [-0.3, -0.25) is 4.79 Å². The molecule has 1 aromatic heterocycles. The number of aryl methyl sites for hydroxylation is 2. The van der Waals surface area contributed by atoms with Gasteiger partial charge in [0.05, 0.1) is 18.0 Å². The van der Waals surface area contributed by atoms with Gasteiger partial charge in [-0.1, -0.05) is 48.0 Å². The molecule has 36 heavy (non-hydrogen) atoms. The average Bonchev–Trinajstić information content (AvgIpc) is 3.21. The lowest BCUT2D eigenvalue weighted by atomic mass is 9.82. The molecule has 1 amide bonds. The highest BCUT2D eigenvalue weighted by molar-refractivity contribution is 5.99. The van der Waals surface area contributed by atoms with Crippen LogP contribution in [0.4, 0.5) is 10.2 Å². The molecule has 182 valence electrons. The van der Waals surface area contributed by atoms with E-state index >= 15 is 0 Å².